The van der Waals surface area contributed by atoms with E-state index >= 15 is 0 Å². The number of Topliss-reactive ketones (excluding diaryl/α,β-unsaturated/α-hetero) is 1. The maximum Gasteiger partial charge on any atom is 0.210 e. The molecular weight excluding hydrogens is 464 g/mol. The zero-order chi connectivity index (χ0) is 23.0. The van der Waals surface area contributed by atoms with Crippen LogP contribution in [0.5, 0.6) is 0 Å². The molecule has 1 aromatic carbocycles. The highest BCUT2D eigenvalue weighted by Gasteiger charge is 2.31. The quantitative estimate of drug-likeness (QED) is 0.380. The number of benzene rings is 1. The van der Waals surface area contributed by atoms with Crippen molar-refractivity contribution >= 4 is 49.5 Å². The molecule has 1 unspecified atom stereocenters. The summed E-state index contributed by atoms with van der Waals surface area (Å²) in [4.78, 5) is 12.9. The van der Waals surface area contributed by atoms with Gasteiger partial charge < -0.3 is 9.88 Å². The Bertz CT molecular complexity index is 1280. The number of hydrogen-bond donors (Lipinski definition) is 1. The zero-order valence-corrected chi connectivity index (χ0v) is 21.0. The van der Waals surface area contributed by atoms with Crippen LogP contribution in [-0.2, 0) is 9.84 Å². The fourth-order valence-electron chi connectivity index (χ4n) is 4.13. The average Bonchev–Trinajstić information content (AvgIpc) is 3.41. The molecule has 32 heavy (non-hydrogen) atoms. The molecule has 2 aromatic heterocycles. The van der Waals surface area contributed by atoms with Crippen LogP contribution in [0, 0.1) is 27.7 Å². The second-order valence-corrected chi connectivity index (χ2v) is 12.6. The first-order valence-corrected chi connectivity index (χ1v) is 14.0. The minimum absolute atomic E-state index is 0.00874. The number of rotatable bonds is 7. The van der Waals surface area contributed by atoms with Gasteiger partial charge in [-0.15, -0.1) is 10.2 Å². The maximum absolute atomic E-state index is 12.9. The van der Waals surface area contributed by atoms with Gasteiger partial charge in [0.2, 0.25) is 5.13 Å². The number of sulfone groups is 1. The lowest BCUT2D eigenvalue weighted by Gasteiger charge is -2.16. The number of ketones is 1. The Morgan fingerprint density at radius 1 is 1.25 bits per heavy atom. The molecular formula is C22H26N4O3S3. The number of nitrogens with one attached hydrogen (secondary N) is 1. The molecule has 0 saturated carbocycles. The van der Waals surface area contributed by atoms with E-state index in [4.69, 9.17) is 0 Å². The molecule has 1 fully saturated rings. The standard InChI is InChI=1S/C22H26N4O3S3/c1-13-6-5-7-19(15(13)3)23-21-24-25-22(31-21)30-11-20(27)18-10-14(2)26(16(18)4)17-8-9-32(28,29)12-17/h5-7,10,17H,8-9,11-12H2,1-4H3,(H,23,24). The summed E-state index contributed by atoms with van der Waals surface area (Å²) in [7, 11) is -2.99. The van der Waals surface area contributed by atoms with Crippen LogP contribution in [0.1, 0.15) is 45.3 Å². The summed E-state index contributed by atoms with van der Waals surface area (Å²) in [6, 6.07) is 7.85. The van der Waals surface area contributed by atoms with Gasteiger partial charge in [-0.3, -0.25) is 4.79 Å². The van der Waals surface area contributed by atoms with Crippen molar-refractivity contribution in [3.05, 3.63) is 52.3 Å². The molecule has 0 spiro atoms. The summed E-state index contributed by atoms with van der Waals surface area (Å²) in [5, 5.41) is 12.4. The third-order valence-corrected chi connectivity index (χ3v) is 9.66. The minimum Gasteiger partial charge on any atom is -0.344 e. The SMILES string of the molecule is Cc1cccc(Nc2nnc(SCC(=O)c3cc(C)n(C4CCS(=O)(=O)C4)c3C)s2)c1C. The Labute approximate surface area is 196 Å². The molecule has 1 saturated heterocycles. The first-order chi connectivity index (χ1) is 15.1. The number of anilines is 2. The Balaban J connectivity index is 1.42. The third kappa shape index (κ3) is 4.77. The average molecular weight is 491 g/mol. The molecule has 0 aliphatic carbocycles. The summed E-state index contributed by atoms with van der Waals surface area (Å²) < 4.78 is 26.5. The fraction of sp³-hybridized carbons (Fsp3) is 0.409. The van der Waals surface area contributed by atoms with Crippen molar-refractivity contribution in [3.63, 3.8) is 0 Å². The van der Waals surface area contributed by atoms with Crippen molar-refractivity contribution in [3.8, 4) is 0 Å². The van der Waals surface area contributed by atoms with Gasteiger partial charge in [0.05, 0.1) is 17.3 Å². The lowest BCUT2D eigenvalue weighted by atomic mass is 10.1. The highest BCUT2D eigenvalue weighted by molar-refractivity contribution is 8.01. The maximum atomic E-state index is 12.9. The van der Waals surface area contributed by atoms with Crippen LogP contribution < -0.4 is 5.32 Å². The molecule has 4 rings (SSSR count). The molecule has 0 bridgehead atoms. The van der Waals surface area contributed by atoms with E-state index in [2.05, 4.69) is 35.4 Å². The zero-order valence-electron chi connectivity index (χ0n) is 18.5. The van der Waals surface area contributed by atoms with Crippen LogP contribution in [-0.4, -0.2) is 46.2 Å². The molecule has 10 heteroatoms. The summed E-state index contributed by atoms with van der Waals surface area (Å²) >= 11 is 2.79. The number of nitrogens with zero attached hydrogens (tertiary/aromatic N) is 3. The van der Waals surface area contributed by atoms with Gasteiger partial charge in [0.1, 0.15) is 0 Å². The molecule has 1 atom stereocenters. The smallest absolute Gasteiger partial charge is 0.210 e. The van der Waals surface area contributed by atoms with E-state index in [1.54, 1.807) is 0 Å². The van der Waals surface area contributed by atoms with Gasteiger partial charge in [-0.25, -0.2) is 8.42 Å². The van der Waals surface area contributed by atoms with Gasteiger partial charge in [-0.05, 0) is 57.4 Å². The van der Waals surface area contributed by atoms with E-state index in [0.29, 0.717) is 17.1 Å². The fourth-order valence-corrected chi connectivity index (χ4v) is 7.47. The van der Waals surface area contributed by atoms with Crippen molar-refractivity contribution in [1.82, 2.24) is 14.8 Å². The Hall–Kier alpha value is -2.17. The predicted molar refractivity (Wildman–Crippen MR) is 130 cm³/mol. The van der Waals surface area contributed by atoms with Crippen molar-refractivity contribution < 1.29 is 13.2 Å². The number of aromatic nitrogens is 3. The molecule has 0 radical (unpaired) electrons. The van der Waals surface area contributed by atoms with Gasteiger partial charge in [0.25, 0.3) is 0 Å². The van der Waals surface area contributed by atoms with E-state index in [0.717, 1.165) is 27.0 Å². The number of aryl methyl sites for hydroxylation is 2. The summed E-state index contributed by atoms with van der Waals surface area (Å²) in [6.45, 7) is 7.95. The Morgan fingerprint density at radius 3 is 2.75 bits per heavy atom. The lowest BCUT2D eigenvalue weighted by molar-refractivity contribution is 0.102. The topological polar surface area (TPSA) is 93.9 Å². The van der Waals surface area contributed by atoms with Gasteiger partial charge in [0, 0.05) is 28.7 Å². The van der Waals surface area contributed by atoms with Gasteiger partial charge in [0.15, 0.2) is 20.0 Å². The van der Waals surface area contributed by atoms with Gasteiger partial charge in [-0.2, -0.15) is 0 Å². The van der Waals surface area contributed by atoms with Crippen LogP contribution in [0.15, 0.2) is 28.6 Å². The van der Waals surface area contributed by atoms with Crippen LogP contribution in [0.2, 0.25) is 0 Å². The molecule has 3 heterocycles. The van der Waals surface area contributed by atoms with Crippen molar-refractivity contribution in [2.45, 2.75) is 44.5 Å². The molecule has 1 aliphatic rings. The van der Waals surface area contributed by atoms with E-state index in [9.17, 15) is 13.2 Å². The molecule has 0 amide bonds. The van der Waals surface area contributed by atoms with Crippen LogP contribution in [0.25, 0.3) is 0 Å². The largest absolute Gasteiger partial charge is 0.344 e. The monoisotopic (exact) mass is 490 g/mol. The summed E-state index contributed by atoms with van der Waals surface area (Å²) in [5.41, 5.74) is 5.77. The van der Waals surface area contributed by atoms with Crippen molar-refractivity contribution in [2.24, 2.45) is 0 Å². The van der Waals surface area contributed by atoms with E-state index < -0.39 is 9.84 Å². The van der Waals surface area contributed by atoms with E-state index in [1.807, 2.05) is 36.6 Å². The summed E-state index contributed by atoms with van der Waals surface area (Å²) in [6.07, 6.45) is 0.599. The Morgan fingerprint density at radius 2 is 2.03 bits per heavy atom. The second-order valence-electron chi connectivity index (χ2n) is 8.17. The van der Waals surface area contributed by atoms with Crippen molar-refractivity contribution in [2.75, 3.05) is 22.6 Å². The third-order valence-electron chi connectivity index (χ3n) is 5.94. The van der Waals surface area contributed by atoms with Crippen LogP contribution in [0.3, 0.4) is 0 Å². The number of carbonyl (C=O) groups is 1. The second kappa shape index (κ2) is 8.99. The minimum atomic E-state index is -2.99. The number of carbonyl (C=O) groups excluding carboxylic acids is 1. The normalized spacial score (nSPS) is 17.6. The molecule has 170 valence electrons. The predicted octanol–water partition coefficient (Wildman–Crippen LogP) is 4.65. The summed E-state index contributed by atoms with van der Waals surface area (Å²) in [5.74, 6) is 0.621. The molecule has 1 aliphatic heterocycles. The highest BCUT2D eigenvalue weighted by Crippen LogP contribution is 2.32. The van der Waals surface area contributed by atoms with E-state index in [-0.39, 0.29) is 29.1 Å². The van der Waals surface area contributed by atoms with Crippen LogP contribution >= 0.6 is 23.1 Å². The Kier molecular flexibility index (Phi) is 6.46. The lowest BCUT2D eigenvalue weighted by Crippen LogP contribution is -2.14. The molecule has 7 nitrogen and oxygen atoms in total. The van der Waals surface area contributed by atoms with Crippen LogP contribution in [0.4, 0.5) is 10.8 Å². The number of thioether (sulfide) groups is 1. The highest BCUT2D eigenvalue weighted by atomic mass is 32.2. The number of hydrogen-bond acceptors (Lipinski definition) is 8. The van der Waals surface area contributed by atoms with E-state index in [1.165, 1.54) is 28.7 Å². The van der Waals surface area contributed by atoms with Crippen molar-refractivity contribution in [1.29, 1.82) is 0 Å². The first kappa shape index (κ1) is 23.0. The van der Waals surface area contributed by atoms with Gasteiger partial charge in [-0.1, -0.05) is 35.2 Å². The molecule has 1 N–H and O–H groups in total. The van der Waals surface area contributed by atoms with Gasteiger partial charge >= 0.3 is 0 Å². The first-order valence-electron chi connectivity index (χ1n) is 10.4. The molecule has 3 aromatic rings.